The molecule has 0 N–H and O–H groups in total. The van der Waals surface area contributed by atoms with Crippen molar-refractivity contribution in [2.75, 3.05) is 9.80 Å². The normalized spacial score (nSPS) is 13.2. The number of rotatable bonds is 3. The summed E-state index contributed by atoms with van der Waals surface area (Å²) in [4.78, 5) is 4.96. The third kappa shape index (κ3) is 4.94. The summed E-state index contributed by atoms with van der Waals surface area (Å²) in [5.41, 5.74) is 26.3. The number of hydrogen-bond donors (Lipinski definition) is 0. The Bertz CT molecular complexity index is 1980. The molecule has 0 radical (unpaired) electrons. The molecule has 0 saturated carbocycles. The van der Waals surface area contributed by atoms with E-state index in [1.807, 2.05) is 0 Å². The summed E-state index contributed by atoms with van der Waals surface area (Å²) < 4.78 is 0. The minimum absolute atomic E-state index is 0.969. The molecule has 0 unspecified atom stereocenters. The lowest BCUT2D eigenvalue weighted by Crippen LogP contribution is -2.19. The molecule has 0 bridgehead atoms. The maximum atomic E-state index is 2.48. The molecule has 6 aromatic carbocycles. The van der Waals surface area contributed by atoms with Gasteiger partial charge >= 0.3 is 0 Å². The van der Waals surface area contributed by atoms with Crippen LogP contribution in [0.25, 0.3) is 11.1 Å². The van der Waals surface area contributed by atoms with Crippen LogP contribution in [0.2, 0.25) is 0 Å². The summed E-state index contributed by atoms with van der Waals surface area (Å²) in [5, 5.41) is 0. The SMILES string of the molecule is Cc1ccc2c(c1)Cc1cc(C)ccc1N2c1cc(C)c(-c2c(C)cc(N3c4ccc(C)cc4Cc4cc(C)ccc43)cc2C)c(C)c1. The highest BCUT2D eigenvalue weighted by Crippen LogP contribution is 2.48. The topological polar surface area (TPSA) is 6.48 Å². The van der Waals surface area contributed by atoms with E-state index in [2.05, 4.69) is 162 Å². The predicted molar refractivity (Wildman–Crippen MR) is 205 cm³/mol. The highest BCUT2D eigenvalue weighted by molar-refractivity contribution is 5.89. The number of nitrogens with zero attached hydrogens (tertiary/aromatic N) is 2. The van der Waals surface area contributed by atoms with Gasteiger partial charge in [0.2, 0.25) is 0 Å². The van der Waals surface area contributed by atoms with Gasteiger partial charge in [0.05, 0.1) is 0 Å². The van der Waals surface area contributed by atoms with Crippen LogP contribution < -0.4 is 9.80 Å². The van der Waals surface area contributed by atoms with E-state index < -0.39 is 0 Å². The zero-order valence-electron chi connectivity index (χ0n) is 29.5. The van der Waals surface area contributed by atoms with Gasteiger partial charge in [0, 0.05) is 47.0 Å². The Kier molecular flexibility index (Phi) is 7.11. The van der Waals surface area contributed by atoms with Crippen molar-refractivity contribution < 1.29 is 0 Å². The summed E-state index contributed by atoms with van der Waals surface area (Å²) in [6.45, 7) is 17.9. The van der Waals surface area contributed by atoms with E-state index in [1.54, 1.807) is 0 Å². The quantitative estimate of drug-likeness (QED) is 0.193. The predicted octanol–water partition coefficient (Wildman–Crippen LogP) is 12.6. The number of aryl methyl sites for hydroxylation is 8. The zero-order chi connectivity index (χ0) is 33.4. The largest absolute Gasteiger partial charge is 0.310 e. The highest BCUT2D eigenvalue weighted by atomic mass is 15.2. The molecule has 0 aliphatic carbocycles. The number of hydrogen-bond acceptors (Lipinski definition) is 2. The van der Waals surface area contributed by atoms with Crippen molar-refractivity contribution in [1.29, 1.82) is 0 Å². The molecule has 6 aromatic rings. The van der Waals surface area contributed by atoms with Gasteiger partial charge in [0.1, 0.15) is 0 Å². The van der Waals surface area contributed by atoms with Crippen LogP contribution in [0, 0.1) is 55.4 Å². The molecule has 0 fully saturated rings. The van der Waals surface area contributed by atoms with Gasteiger partial charge in [-0.2, -0.15) is 0 Å². The third-order valence-corrected chi connectivity index (χ3v) is 10.5. The Morgan fingerprint density at radius 2 is 0.583 bits per heavy atom. The zero-order valence-corrected chi connectivity index (χ0v) is 29.5. The van der Waals surface area contributed by atoms with Gasteiger partial charge in [-0.05, 0) is 160 Å². The van der Waals surface area contributed by atoms with Crippen LogP contribution in [0.4, 0.5) is 34.1 Å². The first-order valence-corrected chi connectivity index (χ1v) is 17.3. The molecule has 48 heavy (non-hydrogen) atoms. The van der Waals surface area contributed by atoms with E-state index in [9.17, 15) is 0 Å². The van der Waals surface area contributed by atoms with Crippen LogP contribution in [0.5, 0.6) is 0 Å². The number of benzene rings is 6. The van der Waals surface area contributed by atoms with Gasteiger partial charge in [-0.25, -0.2) is 0 Å². The molecule has 238 valence electrons. The lowest BCUT2D eigenvalue weighted by molar-refractivity contribution is 1.07. The average Bonchev–Trinajstić information content (AvgIpc) is 3.03. The monoisotopic (exact) mass is 624 g/mol. The van der Waals surface area contributed by atoms with Crippen LogP contribution in [-0.4, -0.2) is 0 Å². The summed E-state index contributed by atoms with van der Waals surface area (Å²) in [5.74, 6) is 0. The lowest BCUT2D eigenvalue weighted by Gasteiger charge is -2.35. The molecule has 2 heterocycles. The van der Waals surface area contributed by atoms with Crippen molar-refractivity contribution in [3.8, 4) is 11.1 Å². The van der Waals surface area contributed by atoms with Crippen LogP contribution in [0.1, 0.15) is 66.8 Å². The average molecular weight is 625 g/mol. The second kappa shape index (κ2) is 11.3. The molecule has 0 spiro atoms. The molecular formula is C46H44N2. The minimum Gasteiger partial charge on any atom is -0.310 e. The Morgan fingerprint density at radius 1 is 0.333 bits per heavy atom. The standard InChI is InChI=1S/C46H44N2/c1-27-9-13-41-35(17-27)25-36-18-28(2)10-14-42(36)47(41)39-21-31(5)45(32(6)22-39)46-33(7)23-40(24-34(46)8)48-43-15-11-29(3)19-37(43)26-38-20-30(4)12-16-44(38)48/h9-24H,25-26H2,1-8H3. The first kappa shape index (κ1) is 30.3. The minimum atomic E-state index is 0.969. The molecule has 0 atom stereocenters. The molecule has 0 amide bonds. The van der Waals surface area contributed by atoms with Crippen LogP contribution in [-0.2, 0) is 12.8 Å². The van der Waals surface area contributed by atoms with Gasteiger partial charge in [0.15, 0.2) is 0 Å². The Balaban J connectivity index is 1.24. The maximum absolute atomic E-state index is 2.48. The smallest absolute Gasteiger partial charge is 0.0497 e. The van der Waals surface area contributed by atoms with E-state index in [-0.39, 0.29) is 0 Å². The molecule has 8 rings (SSSR count). The molecule has 2 nitrogen and oxygen atoms in total. The van der Waals surface area contributed by atoms with Gasteiger partial charge in [-0.15, -0.1) is 0 Å². The van der Waals surface area contributed by atoms with E-state index in [1.165, 1.54) is 112 Å². The molecule has 2 aliphatic heterocycles. The fraction of sp³-hybridized carbons (Fsp3) is 0.217. The van der Waals surface area contributed by atoms with Crippen molar-refractivity contribution >= 4 is 34.1 Å². The third-order valence-electron chi connectivity index (χ3n) is 10.5. The number of fused-ring (bicyclic) bond motifs is 4. The van der Waals surface area contributed by atoms with Crippen LogP contribution in [0.15, 0.2) is 97.1 Å². The van der Waals surface area contributed by atoms with E-state index in [0.717, 1.165) is 12.8 Å². The van der Waals surface area contributed by atoms with Crippen molar-refractivity contribution in [1.82, 2.24) is 0 Å². The summed E-state index contributed by atoms with van der Waals surface area (Å²) in [6.07, 6.45) is 1.94. The fourth-order valence-corrected chi connectivity index (χ4v) is 8.45. The van der Waals surface area contributed by atoms with Crippen LogP contribution in [0.3, 0.4) is 0 Å². The van der Waals surface area contributed by atoms with E-state index in [4.69, 9.17) is 0 Å². The van der Waals surface area contributed by atoms with Crippen molar-refractivity contribution in [2.24, 2.45) is 0 Å². The molecule has 0 aromatic heterocycles. The second-order valence-corrected chi connectivity index (χ2v) is 14.5. The van der Waals surface area contributed by atoms with Gasteiger partial charge in [-0.3, -0.25) is 0 Å². The summed E-state index contributed by atoms with van der Waals surface area (Å²) in [6, 6.07) is 37.2. The fourth-order valence-electron chi connectivity index (χ4n) is 8.45. The Hall–Kier alpha value is -5.08. The highest BCUT2D eigenvalue weighted by Gasteiger charge is 2.28. The molecular weight excluding hydrogens is 581 g/mol. The second-order valence-electron chi connectivity index (χ2n) is 14.5. The van der Waals surface area contributed by atoms with Gasteiger partial charge < -0.3 is 9.80 Å². The van der Waals surface area contributed by atoms with Crippen molar-refractivity contribution in [2.45, 2.75) is 68.2 Å². The Morgan fingerprint density at radius 3 is 0.833 bits per heavy atom. The van der Waals surface area contributed by atoms with Gasteiger partial charge in [0.25, 0.3) is 0 Å². The molecule has 2 heteroatoms. The van der Waals surface area contributed by atoms with E-state index in [0.29, 0.717) is 0 Å². The van der Waals surface area contributed by atoms with Gasteiger partial charge in [-0.1, -0.05) is 70.8 Å². The van der Waals surface area contributed by atoms with E-state index >= 15 is 0 Å². The van der Waals surface area contributed by atoms with Crippen molar-refractivity contribution in [3.05, 3.63) is 164 Å². The lowest BCUT2D eigenvalue weighted by atomic mass is 9.87. The molecule has 0 saturated heterocycles. The first-order valence-electron chi connectivity index (χ1n) is 17.3. The molecule has 2 aliphatic rings. The first-order chi connectivity index (χ1) is 23.0. The summed E-state index contributed by atoms with van der Waals surface area (Å²) >= 11 is 0. The van der Waals surface area contributed by atoms with Crippen molar-refractivity contribution in [3.63, 3.8) is 0 Å². The van der Waals surface area contributed by atoms with Crippen LogP contribution >= 0.6 is 0 Å². The summed E-state index contributed by atoms with van der Waals surface area (Å²) in [7, 11) is 0. The maximum Gasteiger partial charge on any atom is 0.0497 e. The Labute approximate surface area is 286 Å². The number of anilines is 6.